The average molecular weight is 246 g/mol. The molecule has 1 heterocycles. The number of anilines is 2. The molecule has 1 aromatic rings. The lowest BCUT2D eigenvalue weighted by atomic mass is 9.81. The highest BCUT2D eigenvalue weighted by Gasteiger charge is 2.30. The van der Waals surface area contributed by atoms with Gasteiger partial charge in [0, 0.05) is 23.0 Å². The fourth-order valence-corrected chi connectivity index (χ4v) is 3.06. The van der Waals surface area contributed by atoms with Crippen molar-refractivity contribution in [3.8, 4) is 0 Å². The summed E-state index contributed by atoms with van der Waals surface area (Å²) >= 11 is 0. The Morgan fingerprint density at radius 3 is 2.61 bits per heavy atom. The van der Waals surface area contributed by atoms with Crippen LogP contribution in [0.3, 0.4) is 0 Å². The molecular formula is C16H26N2. The lowest BCUT2D eigenvalue weighted by Gasteiger charge is -2.39. The van der Waals surface area contributed by atoms with Crippen LogP contribution < -0.4 is 10.6 Å². The lowest BCUT2D eigenvalue weighted by Crippen LogP contribution is -2.37. The second kappa shape index (κ2) is 4.49. The first-order valence-corrected chi connectivity index (χ1v) is 6.98. The molecule has 0 bridgehead atoms. The van der Waals surface area contributed by atoms with Crippen LogP contribution in [-0.4, -0.2) is 11.6 Å². The molecule has 100 valence electrons. The van der Waals surface area contributed by atoms with Gasteiger partial charge in [0.15, 0.2) is 0 Å². The first kappa shape index (κ1) is 13.3. The van der Waals surface area contributed by atoms with E-state index in [0.717, 1.165) is 0 Å². The molecule has 0 amide bonds. The zero-order valence-corrected chi connectivity index (χ0v) is 12.5. The van der Waals surface area contributed by atoms with Crippen molar-refractivity contribution < 1.29 is 0 Å². The molecule has 0 aromatic heterocycles. The maximum Gasteiger partial charge on any atom is 0.0410 e. The van der Waals surface area contributed by atoms with Crippen LogP contribution in [0.2, 0.25) is 0 Å². The minimum Gasteiger partial charge on any atom is -0.383 e. The van der Waals surface area contributed by atoms with Crippen molar-refractivity contribution in [1.82, 2.24) is 0 Å². The molecular weight excluding hydrogens is 220 g/mol. The number of hydrogen-bond donors (Lipinski definition) is 2. The van der Waals surface area contributed by atoms with Crippen LogP contribution in [0.15, 0.2) is 12.1 Å². The predicted molar refractivity (Wildman–Crippen MR) is 80.7 cm³/mol. The van der Waals surface area contributed by atoms with Crippen molar-refractivity contribution in [2.45, 2.75) is 65.5 Å². The summed E-state index contributed by atoms with van der Waals surface area (Å²) in [6.07, 6.45) is 1.19. The molecule has 1 aliphatic rings. The van der Waals surface area contributed by atoms with E-state index >= 15 is 0 Å². The van der Waals surface area contributed by atoms with Crippen LogP contribution in [0, 0.1) is 6.92 Å². The van der Waals surface area contributed by atoms with Gasteiger partial charge in [-0.05, 0) is 70.2 Å². The number of nitrogens with one attached hydrogen (secondary N) is 2. The van der Waals surface area contributed by atoms with Crippen LogP contribution in [0.5, 0.6) is 0 Å². The number of benzene rings is 1. The summed E-state index contributed by atoms with van der Waals surface area (Å²) in [5, 5.41) is 7.20. The Balaban J connectivity index is 2.42. The molecule has 0 saturated carbocycles. The quantitative estimate of drug-likeness (QED) is 0.802. The minimum atomic E-state index is 0.199. The molecule has 1 aromatic carbocycles. The normalized spacial score (nSPS) is 21.4. The molecule has 0 radical (unpaired) electrons. The monoisotopic (exact) mass is 246 g/mol. The van der Waals surface area contributed by atoms with Crippen molar-refractivity contribution in [2.75, 3.05) is 10.6 Å². The van der Waals surface area contributed by atoms with Crippen molar-refractivity contribution in [3.05, 3.63) is 23.3 Å². The number of hydrogen-bond acceptors (Lipinski definition) is 2. The standard InChI is InChI=1S/C16H26N2/c1-10(2)17-13-7-11(3)15-14(8-13)12(4)9-16(5,6)18-15/h7-8,10,12,17-18H,9H2,1-6H3. The fourth-order valence-electron chi connectivity index (χ4n) is 3.06. The van der Waals surface area contributed by atoms with Gasteiger partial charge in [-0.15, -0.1) is 0 Å². The second-order valence-electron chi connectivity index (χ2n) is 6.67. The van der Waals surface area contributed by atoms with Gasteiger partial charge in [-0.25, -0.2) is 0 Å². The summed E-state index contributed by atoms with van der Waals surface area (Å²) in [6, 6.07) is 5.04. The van der Waals surface area contributed by atoms with E-state index in [-0.39, 0.29) is 5.54 Å². The maximum atomic E-state index is 3.69. The Labute approximate surface area is 111 Å². The van der Waals surface area contributed by atoms with Gasteiger partial charge in [-0.1, -0.05) is 6.92 Å². The highest BCUT2D eigenvalue weighted by atomic mass is 15.0. The predicted octanol–water partition coefficient (Wildman–Crippen LogP) is 4.51. The van der Waals surface area contributed by atoms with E-state index in [2.05, 4.69) is 64.3 Å². The van der Waals surface area contributed by atoms with Gasteiger partial charge in [-0.2, -0.15) is 0 Å². The zero-order valence-electron chi connectivity index (χ0n) is 12.5. The van der Waals surface area contributed by atoms with E-state index in [0.29, 0.717) is 12.0 Å². The molecule has 0 saturated heterocycles. The Kier molecular flexibility index (Phi) is 3.31. The van der Waals surface area contributed by atoms with Gasteiger partial charge in [0.2, 0.25) is 0 Å². The first-order chi connectivity index (χ1) is 8.28. The van der Waals surface area contributed by atoms with Gasteiger partial charge in [0.05, 0.1) is 0 Å². The summed E-state index contributed by atoms with van der Waals surface area (Å²) < 4.78 is 0. The van der Waals surface area contributed by atoms with E-state index in [1.54, 1.807) is 0 Å². The second-order valence-corrected chi connectivity index (χ2v) is 6.67. The van der Waals surface area contributed by atoms with Crippen molar-refractivity contribution in [1.29, 1.82) is 0 Å². The van der Waals surface area contributed by atoms with Crippen molar-refractivity contribution >= 4 is 11.4 Å². The highest BCUT2D eigenvalue weighted by molar-refractivity contribution is 5.68. The van der Waals surface area contributed by atoms with Crippen LogP contribution in [0.4, 0.5) is 11.4 Å². The Hall–Kier alpha value is -1.18. The van der Waals surface area contributed by atoms with Gasteiger partial charge in [0.1, 0.15) is 0 Å². The van der Waals surface area contributed by atoms with Crippen molar-refractivity contribution in [3.63, 3.8) is 0 Å². The molecule has 1 aliphatic heterocycles. The van der Waals surface area contributed by atoms with Crippen molar-refractivity contribution in [2.24, 2.45) is 0 Å². The molecule has 2 rings (SSSR count). The molecule has 1 atom stereocenters. The zero-order chi connectivity index (χ0) is 13.5. The molecule has 2 N–H and O–H groups in total. The molecule has 0 fully saturated rings. The third-order valence-electron chi connectivity index (χ3n) is 3.63. The van der Waals surface area contributed by atoms with E-state index in [4.69, 9.17) is 0 Å². The number of fused-ring (bicyclic) bond motifs is 1. The van der Waals surface area contributed by atoms with Crippen LogP contribution in [0.1, 0.15) is 58.1 Å². The smallest absolute Gasteiger partial charge is 0.0410 e. The number of rotatable bonds is 2. The lowest BCUT2D eigenvalue weighted by molar-refractivity contribution is 0.453. The molecule has 1 unspecified atom stereocenters. The van der Waals surface area contributed by atoms with Gasteiger partial charge in [0.25, 0.3) is 0 Å². The molecule has 0 spiro atoms. The summed E-state index contributed by atoms with van der Waals surface area (Å²) in [5.41, 5.74) is 5.58. The molecule has 2 nitrogen and oxygen atoms in total. The van der Waals surface area contributed by atoms with Crippen LogP contribution in [0.25, 0.3) is 0 Å². The number of aryl methyl sites for hydroxylation is 1. The van der Waals surface area contributed by atoms with Gasteiger partial charge >= 0.3 is 0 Å². The van der Waals surface area contributed by atoms with E-state index in [1.165, 1.54) is 28.9 Å². The Bertz CT molecular complexity index is 447. The van der Waals surface area contributed by atoms with Gasteiger partial charge in [-0.3, -0.25) is 0 Å². The third-order valence-corrected chi connectivity index (χ3v) is 3.63. The minimum absolute atomic E-state index is 0.199. The molecule has 18 heavy (non-hydrogen) atoms. The first-order valence-electron chi connectivity index (χ1n) is 6.98. The topological polar surface area (TPSA) is 24.1 Å². The molecule has 2 heteroatoms. The summed E-state index contributed by atoms with van der Waals surface area (Å²) in [4.78, 5) is 0. The third kappa shape index (κ3) is 2.63. The Morgan fingerprint density at radius 1 is 1.33 bits per heavy atom. The van der Waals surface area contributed by atoms with Gasteiger partial charge < -0.3 is 10.6 Å². The summed E-state index contributed by atoms with van der Waals surface area (Å²) in [6.45, 7) is 13.5. The van der Waals surface area contributed by atoms with E-state index < -0.39 is 0 Å². The maximum absolute atomic E-state index is 3.69. The van der Waals surface area contributed by atoms with Crippen LogP contribution >= 0.6 is 0 Å². The summed E-state index contributed by atoms with van der Waals surface area (Å²) in [5.74, 6) is 0.615. The van der Waals surface area contributed by atoms with Crippen LogP contribution in [-0.2, 0) is 0 Å². The fraction of sp³-hybridized carbons (Fsp3) is 0.625. The largest absolute Gasteiger partial charge is 0.383 e. The average Bonchev–Trinajstić information content (AvgIpc) is 2.18. The van der Waals surface area contributed by atoms with E-state index in [1.807, 2.05) is 0 Å². The van der Waals surface area contributed by atoms with E-state index in [9.17, 15) is 0 Å². The SMILES string of the molecule is Cc1cc(NC(C)C)cc2c1NC(C)(C)CC2C. The summed E-state index contributed by atoms with van der Waals surface area (Å²) in [7, 11) is 0. The Morgan fingerprint density at radius 2 is 2.00 bits per heavy atom. The highest BCUT2D eigenvalue weighted by Crippen LogP contribution is 2.41. The molecule has 0 aliphatic carbocycles.